The molecule has 1 aliphatic heterocycles. The van der Waals surface area contributed by atoms with Crippen LogP contribution in [-0.2, 0) is 4.79 Å². The third kappa shape index (κ3) is 2.20. The van der Waals surface area contributed by atoms with Crippen LogP contribution in [-0.4, -0.2) is 19.6 Å². The van der Waals surface area contributed by atoms with E-state index in [-0.39, 0.29) is 18.2 Å². The molecule has 1 fully saturated rings. The maximum atomic E-state index is 11.7. The molecule has 4 nitrogen and oxygen atoms in total. The molecule has 0 aromatic heterocycles. The summed E-state index contributed by atoms with van der Waals surface area (Å²) in [4.78, 5) is 13.3. The lowest BCUT2D eigenvalue weighted by Gasteiger charge is -2.16. The molecule has 1 unspecified atom stereocenters. The van der Waals surface area contributed by atoms with Gasteiger partial charge in [0.05, 0.1) is 24.1 Å². The topological polar surface area (TPSA) is 53.3 Å². The van der Waals surface area contributed by atoms with Crippen LogP contribution < -0.4 is 9.64 Å². The van der Waals surface area contributed by atoms with Crippen molar-refractivity contribution in [2.75, 3.05) is 18.6 Å². The molecular weight excluding hydrogens is 240 g/mol. The summed E-state index contributed by atoms with van der Waals surface area (Å²) in [6.45, 7) is 0.429. The second kappa shape index (κ2) is 4.64. The van der Waals surface area contributed by atoms with Crippen molar-refractivity contribution in [1.82, 2.24) is 0 Å². The highest BCUT2D eigenvalue weighted by atomic mass is 35.5. The minimum Gasteiger partial charge on any atom is -0.495 e. The zero-order valence-electron chi connectivity index (χ0n) is 9.31. The predicted molar refractivity (Wildman–Crippen MR) is 64.1 cm³/mol. The molecule has 1 atom stereocenters. The summed E-state index contributed by atoms with van der Waals surface area (Å²) in [6, 6.07) is 7.27. The van der Waals surface area contributed by atoms with Crippen LogP contribution in [0.5, 0.6) is 5.75 Å². The average Bonchev–Trinajstić information content (AvgIpc) is 2.70. The first-order valence-corrected chi connectivity index (χ1v) is 5.57. The van der Waals surface area contributed by atoms with Crippen molar-refractivity contribution in [3.8, 4) is 11.8 Å². The van der Waals surface area contributed by atoms with E-state index in [4.69, 9.17) is 21.6 Å². The van der Waals surface area contributed by atoms with E-state index >= 15 is 0 Å². The molecule has 1 aromatic rings. The number of nitriles is 1. The third-order valence-corrected chi connectivity index (χ3v) is 3.05. The van der Waals surface area contributed by atoms with Crippen molar-refractivity contribution in [2.45, 2.75) is 6.42 Å². The van der Waals surface area contributed by atoms with Crippen molar-refractivity contribution in [3.63, 3.8) is 0 Å². The lowest BCUT2D eigenvalue weighted by Crippen LogP contribution is -2.24. The van der Waals surface area contributed by atoms with Crippen molar-refractivity contribution < 1.29 is 9.53 Å². The van der Waals surface area contributed by atoms with Gasteiger partial charge in [-0.05, 0) is 18.2 Å². The lowest BCUT2D eigenvalue weighted by molar-refractivity contribution is -0.117. The number of carbonyl (C=O) groups is 1. The molecule has 0 aliphatic carbocycles. The van der Waals surface area contributed by atoms with Gasteiger partial charge in [0.2, 0.25) is 5.91 Å². The van der Waals surface area contributed by atoms with Crippen LogP contribution in [0.25, 0.3) is 0 Å². The summed E-state index contributed by atoms with van der Waals surface area (Å²) in [6.07, 6.45) is 0.278. The minimum atomic E-state index is -0.233. The highest BCUT2D eigenvalue weighted by Crippen LogP contribution is 2.32. The van der Waals surface area contributed by atoms with Crippen LogP contribution in [0.4, 0.5) is 5.69 Å². The van der Waals surface area contributed by atoms with Crippen molar-refractivity contribution in [3.05, 3.63) is 23.2 Å². The molecule has 1 heterocycles. The standard InChI is InChI=1S/C12H11ClN2O2/c1-17-11-3-2-9(5-10(11)13)15-7-8(6-14)4-12(15)16/h2-3,5,8H,4,7H2,1H3. The zero-order valence-corrected chi connectivity index (χ0v) is 10.1. The molecule has 0 spiro atoms. The second-order valence-corrected chi connectivity index (χ2v) is 4.26. The van der Waals surface area contributed by atoms with Crippen LogP contribution in [0.3, 0.4) is 0 Å². The van der Waals surface area contributed by atoms with Crippen LogP contribution in [0.15, 0.2) is 18.2 Å². The van der Waals surface area contributed by atoms with Crippen molar-refractivity contribution in [2.24, 2.45) is 5.92 Å². The Balaban J connectivity index is 2.27. The van der Waals surface area contributed by atoms with Crippen molar-refractivity contribution >= 4 is 23.2 Å². The number of carbonyl (C=O) groups excluding carboxylic acids is 1. The fraction of sp³-hybridized carbons (Fsp3) is 0.333. The monoisotopic (exact) mass is 250 g/mol. The van der Waals surface area contributed by atoms with Gasteiger partial charge in [-0.25, -0.2) is 0 Å². The van der Waals surface area contributed by atoms with Crippen molar-refractivity contribution in [1.29, 1.82) is 5.26 Å². The molecule has 0 N–H and O–H groups in total. The highest BCUT2D eigenvalue weighted by Gasteiger charge is 2.30. The molecule has 5 heteroatoms. The Hall–Kier alpha value is -1.73. The summed E-state index contributed by atoms with van der Waals surface area (Å²) in [5.74, 6) is 0.292. The minimum absolute atomic E-state index is 0.0437. The maximum Gasteiger partial charge on any atom is 0.228 e. The molecule has 1 saturated heterocycles. The fourth-order valence-corrected chi connectivity index (χ4v) is 2.12. The number of hydrogen-bond acceptors (Lipinski definition) is 3. The van der Waals surface area contributed by atoms with Gasteiger partial charge < -0.3 is 9.64 Å². The molecule has 0 saturated carbocycles. The van der Waals surface area contributed by atoms with Gasteiger partial charge in [0, 0.05) is 18.7 Å². The molecule has 17 heavy (non-hydrogen) atoms. The summed E-state index contributed by atoms with van der Waals surface area (Å²) in [5.41, 5.74) is 0.707. The van der Waals surface area contributed by atoms with Crippen LogP contribution >= 0.6 is 11.6 Å². The first-order valence-electron chi connectivity index (χ1n) is 5.19. The highest BCUT2D eigenvalue weighted by molar-refractivity contribution is 6.32. The van der Waals surface area contributed by atoms with E-state index in [9.17, 15) is 4.79 Å². The number of anilines is 1. The number of rotatable bonds is 2. The number of halogens is 1. The quantitative estimate of drug-likeness (QED) is 0.809. The Morgan fingerprint density at radius 2 is 2.35 bits per heavy atom. The maximum absolute atomic E-state index is 11.7. The number of methoxy groups -OCH3 is 1. The van der Waals surface area contributed by atoms with Gasteiger partial charge >= 0.3 is 0 Å². The van der Waals surface area contributed by atoms with Crippen LogP contribution in [0, 0.1) is 17.2 Å². The number of nitrogens with zero attached hydrogens (tertiary/aromatic N) is 2. The Morgan fingerprint density at radius 1 is 1.59 bits per heavy atom. The molecule has 2 rings (SSSR count). The average molecular weight is 251 g/mol. The van der Waals surface area contributed by atoms with Gasteiger partial charge in [-0.15, -0.1) is 0 Å². The Labute approximate surface area is 104 Å². The van der Waals surface area contributed by atoms with E-state index in [1.54, 1.807) is 23.1 Å². The van der Waals surface area contributed by atoms with E-state index in [0.717, 1.165) is 0 Å². The zero-order chi connectivity index (χ0) is 12.4. The molecule has 88 valence electrons. The van der Waals surface area contributed by atoms with E-state index in [1.807, 2.05) is 0 Å². The van der Waals surface area contributed by atoms with Crippen LogP contribution in [0.2, 0.25) is 5.02 Å². The molecule has 1 aromatic carbocycles. The van der Waals surface area contributed by atoms with Crippen LogP contribution in [0.1, 0.15) is 6.42 Å². The summed E-state index contributed by atoms with van der Waals surface area (Å²) < 4.78 is 5.04. The van der Waals surface area contributed by atoms with Gasteiger partial charge in [0.15, 0.2) is 0 Å². The first kappa shape index (κ1) is 11.7. The third-order valence-electron chi connectivity index (χ3n) is 2.75. The van der Waals surface area contributed by atoms with Gasteiger partial charge in [-0.1, -0.05) is 11.6 Å². The summed E-state index contributed by atoms with van der Waals surface area (Å²) in [7, 11) is 1.54. The number of amides is 1. The van der Waals surface area contributed by atoms with Gasteiger partial charge in [0.1, 0.15) is 5.75 Å². The number of hydrogen-bond donors (Lipinski definition) is 0. The van der Waals surface area contributed by atoms with E-state index in [2.05, 4.69) is 6.07 Å². The summed E-state index contributed by atoms with van der Waals surface area (Å²) in [5, 5.41) is 9.27. The second-order valence-electron chi connectivity index (χ2n) is 3.85. The Kier molecular flexibility index (Phi) is 3.21. The molecule has 0 bridgehead atoms. The van der Waals surface area contributed by atoms with E-state index in [1.165, 1.54) is 7.11 Å². The van der Waals surface area contributed by atoms with E-state index in [0.29, 0.717) is 23.0 Å². The molecule has 1 aliphatic rings. The van der Waals surface area contributed by atoms with Gasteiger partial charge in [-0.3, -0.25) is 4.79 Å². The number of ether oxygens (including phenoxy) is 1. The first-order chi connectivity index (χ1) is 8.15. The predicted octanol–water partition coefficient (Wildman–Crippen LogP) is 2.23. The lowest BCUT2D eigenvalue weighted by atomic mass is 10.1. The number of benzene rings is 1. The molecule has 1 amide bonds. The summed E-state index contributed by atoms with van der Waals surface area (Å²) >= 11 is 6.00. The Morgan fingerprint density at radius 3 is 2.88 bits per heavy atom. The smallest absolute Gasteiger partial charge is 0.228 e. The SMILES string of the molecule is COc1ccc(N2CC(C#N)CC2=O)cc1Cl. The molecule has 0 radical (unpaired) electrons. The van der Waals surface area contributed by atoms with E-state index < -0.39 is 0 Å². The van der Waals surface area contributed by atoms with Gasteiger partial charge in [0.25, 0.3) is 0 Å². The van der Waals surface area contributed by atoms with Gasteiger partial charge in [-0.2, -0.15) is 5.26 Å². The normalized spacial score (nSPS) is 19.2. The molecular formula is C12H11ClN2O2. The fourth-order valence-electron chi connectivity index (χ4n) is 1.87. The Bertz CT molecular complexity index is 496. The largest absolute Gasteiger partial charge is 0.495 e.